The molecule has 0 aliphatic rings. The first-order valence-electron chi connectivity index (χ1n) is 4.33. The predicted molar refractivity (Wildman–Crippen MR) is 59.2 cm³/mol. The third-order valence-corrected chi connectivity index (χ3v) is 2.82. The van der Waals surface area contributed by atoms with Crippen molar-refractivity contribution in [2.75, 3.05) is 0 Å². The van der Waals surface area contributed by atoms with Gasteiger partial charge >= 0.3 is 98.1 Å². The van der Waals surface area contributed by atoms with E-state index < -0.39 is 4.92 Å². The van der Waals surface area contributed by atoms with Gasteiger partial charge in [0.1, 0.15) is 0 Å². The van der Waals surface area contributed by atoms with Crippen molar-refractivity contribution in [3.63, 3.8) is 0 Å². The van der Waals surface area contributed by atoms with Gasteiger partial charge in [0.25, 0.3) is 0 Å². The Labute approximate surface area is 98.4 Å². The average molecular weight is 280 g/mol. The summed E-state index contributed by atoms with van der Waals surface area (Å²) in [6.45, 7) is 0. The number of carbonyl (C=O) groups is 1. The molecule has 0 saturated heterocycles. The van der Waals surface area contributed by atoms with Gasteiger partial charge in [-0.1, -0.05) is 0 Å². The zero-order valence-electron chi connectivity index (χ0n) is 7.91. The summed E-state index contributed by atoms with van der Waals surface area (Å²) in [6.07, 6.45) is 0.694. The molecule has 1 aromatic heterocycles. The maximum atomic E-state index is 10.7. The molecule has 0 saturated carbocycles. The van der Waals surface area contributed by atoms with Gasteiger partial charge in [-0.15, -0.1) is 0 Å². The summed E-state index contributed by atoms with van der Waals surface area (Å²) in [5.74, 6) is 0. The summed E-state index contributed by atoms with van der Waals surface area (Å²) in [7, 11) is 0. The molecule has 0 unspecified atom stereocenters. The Bertz CT molecular complexity index is 598. The first-order valence-corrected chi connectivity index (χ1v) is 5.19. The van der Waals surface area contributed by atoms with Gasteiger partial charge in [-0.05, 0) is 0 Å². The van der Waals surface area contributed by atoms with Gasteiger partial charge in [0.05, 0.1) is 0 Å². The molecule has 1 radical (unpaired) electrons. The molecule has 79 valence electrons. The monoisotopic (exact) mass is 281 g/mol. The summed E-state index contributed by atoms with van der Waals surface area (Å²) in [5, 5.41) is 11.3. The summed E-state index contributed by atoms with van der Waals surface area (Å²) in [6, 6.07) is 5.99. The molecule has 1 heterocycles. The summed E-state index contributed by atoms with van der Waals surface area (Å²) < 4.78 is 0.447. The zero-order valence-corrected chi connectivity index (χ0v) is 9.63. The van der Waals surface area contributed by atoms with Crippen LogP contribution in [-0.2, 0) is 0 Å². The first-order chi connectivity index (χ1) is 7.61. The maximum absolute atomic E-state index is 10.7. The molecule has 1 aromatic carbocycles. The molecule has 0 N–H and O–H groups in total. The van der Waals surface area contributed by atoms with Gasteiger partial charge in [0.2, 0.25) is 0 Å². The van der Waals surface area contributed by atoms with Gasteiger partial charge in [-0.25, -0.2) is 0 Å². The van der Waals surface area contributed by atoms with Crippen LogP contribution in [0.3, 0.4) is 0 Å². The molecule has 6 heteroatoms. The molecule has 0 spiro atoms. The number of aldehydes is 1. The number of fused-ring (bicyclic) bond motifs is 1. The Balaban J connectivity index is 2.71. The van der Waals surface area contributed by atoms with E-state index >= 15 is 0 Å². The second kappa shape index (κ2) is 4.00. The van der Waals surface area contributed by atoms with Crippen molar-refractivity contribution in [1.82, 2.24) is 4.98 Å². The summed E-state index contributed by atoms with van der Waals surface area (Å²) >= 11 is 2.65. The third kappa shape index (κ3) is 1.80. The van der Waals surface area contributed by atoms with Crippen molar-refractivity contribution in [3.05, 3.63) is 39.9 Å². The number of nitro benzene ring substituents is 1. The molecule has 2 aromatic rings. The fourth-order valence-corrected chi connectivity index (χ4v) is 1.78. The minimum absolute atomic E-state index is 0.0155. The van der Waals surface area contributed by atoms with E-state index in [-0.39, 0.29) is 5.69 Å². The number of hydrogen-bond acceptors (Lipinski definition) is 4. The fourth-order valence-electron chi connectivity index (χ4n) is 1.35. The number of nitrogens with zero attached hydrogens (tertiary/aromatic N) is 2. The molecule has 16 heavy (non-hydrogen) atoms. The van der Waals surface area contributed by atoms with Gasteiger partial charge in [-0.3, -0.25) is 0 Å². The molecule has 0 fully saturated rings. The van der Waals surface area contributed by atoms with E-state index in [0.717, 1.165) is 0 Å². The molecular weight excluding hydrogens is 275 g/mol. The number of pyridine rings is 1. The van der Waals surface area contributed by atoms with E-state index in [2.05, 4.69) is 21.0 Å². The van der Waals surface area contributed by atoms with Crippen molar-refractivity contribution in [1.29, 1.82) is 0 Å². The van der Waals surface area contributed by atoms with E-state index in [9.17, 15) is 14.9 Å². The van der Waals surface area contributed by atoms with Crippen molar-refractivity contribution >= 4 is 43.5 Å². The van der Waals surface area contributed by atoms with Gasteiger partial charge < -0.3 is 0 Å². The van der Waals surface area contributed by atoms with Crippen LogP contribution in [0.25, 0.3) is 10.9 Å². The Morgan fingerprint density at radius 3 is 2.75 bits per heavy atom. The van der Waals surface area contributed by atoms with Crippen LogP contribution in [0.2, 0.25) is 0 Å². The number of carbonyl (C=O) groups excluding carboxylic acids is 1. The van der Waals surface area contributed by atoms with Crippen LogP contribution in [0, 0.1) is 10.1 Å². The molecule has 0 aliphatic heterocycles. The second-order valence-corrected chi connectivity index (χ2v) is 3.95. The van der Waals surface area contributed by atoms with Gasteiger partial charge in [-0.2, -0.15) is 0 Å². The third-order valence-electron chi connectivity index (χ3n) is 2.13. The minimum atomic E-state index is -0.478. The Morgan fingerprint density at radius 2 is 2.12 bits per heavy atom. The normalized spacial score (nSPS) is 10.2. The van der Waals surface area contributed by atoms with E-state index in [1.807, 2.05) is 0 Å². The van der Waals surface area contributed by atoms with Crippen LogP contribution in [0.4, 0.5) is 5.69 Å². The van der Waals surface area contributed by atoms with Crippen LogP contribution in [0.5, 0.6) is 0 Å². The topological polar surface area (TPSA) is 73.1 Å². The Morgan fingerprint density at radius 1 is 1.38 bits per heavy atom. The van der Waals surface area contributed by atoms with Crippen molar-refractivity contribution < 1.29 is 9.72 Å². The summed E-state index contributed by atoms with van der Waals surface area (Å²) in [5.41, 5.74) is 0.924. The SMILES string of the molecule is O=Cc1cc2ccc([N+](=O)[O-])cc2nc1[Se]. The molecule has 0 bridgehead atoms. The van der Waals surface area contributed by atoms with E-state index in [4.69, 9.17) is 0 Å². The molecule has 0 aliphatic carbocycles. The second-order valence-electron chi connectivity index (χ2n) is 3.13. The van der Waals surface area contributed by atoms with E-state index in [1.54, 1.807) is 12.1 Å². The Kier molecular flexibility index (Phi) is 2.68. The number of rotatable bonds is 2. The molecular formula is C10H5N2O3Se. The molecule has 0 amide bonds. The van der Waals surface area contributed by atoms with Crippen LogP contribution in [0.1, 0.15) is 10.4 Å². The fraction of sp³-hybridized carbons (Fsp3) is 0. The standard InChI is InChI=1S/C10H5N2O3Se/c13-5-7-3-6-1-2-8(12(14)15)4-9(6)11-10(7)16/h1-5H. The van der Waals surface area contributed by atoms with E-state index in [0.29, 0.717) is 27.3 Å². The number of aromatic nitrogens is 1. The average Bonchev–Trinajstić information content (AvgIpc) is 2.27. The number of benzene rings is 1. The molecule has 0 atom stereocenters. The number of non-ortho nitro benzene ring substituents is 1. The Hall–Kier alpha value is -1.78. The van der Waals surface area contributed by atoms with E-state index in [1.165, 1.54) is 12.1 Å². The zero-order chi connectivity index (χ0) is 11.7. The van der Waals surface area contributed by atoms with Crippen molar-refractivity contribution in [3.8, 4) is 0 Å². The van der Waals surface area contributed by atoms with Crippen LogP contribution in [0.15, 0.2) is 24.3 Å². The van der Waals surface area contributed by atoms with Crippen LogP contribution < -0.4 is 4.59 Å². The predicted octanol–water partition coefficient (Wildman–Crippen LogP) is 0.749. The molecule has 2 rings (SSSR count). The molecule has 5 nitrogen and oxygen atoms in total. The summed E-state index contributed by atoms with van der Waals surface area (Å²) in [4.78, 5) is 24.9. The van der Waals surface area contributed by atoms with Crippen molar-refractivity contribution in [2.24, 2.45) is 0 Å². The van der Waals surface area contributed by atoms with Gasteiger partial charge in [0.15, 0.2) is 0 Å². The van der Waals surface area contributed by atoms with Crippen LogP contribution >= 0.6 is 0 Å². The number of hydrogen-bond donors (Lipinski definition) is 0. The van der Waals surface area contributed by atoms with Crippen molar-refractivity contribution in [2.45, 2.75) is 0 Å². The first kappa shape index (κ1) is 10.7. The number of nitro groups is 1. The quantitative estimate of drug-likeness (QED) is 0.352. The van der Waals surface area contributed by atoms with Gasteiger partial charge in [0, 0.05) is 0 Å². The van der Waals surface area contributed by atoms with Crippen LogP contribution in [-0.4, -0.2) is 32.2 Å².